The van der Waals surface area contributed by atoms with Gasteiger partial charge in [-0.25, -0.2) is 9.78 Å². The number of benzene rings is 1. The Kier molecular flexibility index (Phi) is 4.92. The van der Waals surface area contributed by atoms with Gasteiger partial charge in [0.05, 0.1) is 15.7 Å². The van der Waals surface area contributed by atoms with Gasteiger partial charge in [-0.15, -0.1) is 0 Å². The van der Waals surface area contributed by atoms with Crippen molar-refractivity contribution in [2.75, 3.05) is 5.32 Å². The van der Waals surface area contributed by atoms with Crippen LogP contribution in [0.1, 0.15) is 17.4 Å². The standard InChI is InChI=1S/C17H13Cl2N3O3/c1-10(16(23)21-12-6-4-5-11(18)15(12)19)25-17(24)13-9-22-8-3-2-7-14(22)20-13/h2-10H,1H3,(H,21,23)/t10-/m1/s1. The van der Waals surface area contributed by atoms with Gasteiger partial charge in [-0.05, 0) is 31.2 Å². The van der Waals surface area contributed by atoms with Gasteiger partial charge >= 0.3 is 5.97 Å². The number of esters is 1. The van der Waals surface area contributed by atoms with Crippen LogP contribution in [0.25, 0.3) is 5.65 Å². The summed E-state index contributed by atoms with van der Waals surface area (Å²) in [6, 6.07) is 10.2. The number of nitrogens with zero attached hydrogens (tertiary/aromatic N) is 2. The number of nitrogens with one attached hydrogen (secondary N) is 1. The van der Waals surface area contributed by atoms with Crippen molar-refractivity contribution in [3.8, 4) is 0 Å². The number of carbonyl (C=O) groups is 2. The number of hydrogen-bond donors (Lipinski definition) is 1. The summed E-state index contributed by atoms with van der Waals surface area (Å²) in [5, 5.41) is 3.11. The predicted molar refractivity (Wildman–Crippen MR) is 95.2 cm³/mol. The van der Waals surface area contributed by atoms with E-state index in [2.05, 4.69) is 10.3 Å². The molecule has 0 spiro atoms. The number of pyridine rings is 1. The largest absolute Gasteiger partial charge is 0.448 e. The van der Waals surface area contributed by atoms with Crippen LogP contribution in [0.2, 0.25) is 10.0 Å². The molecule has 2 aromatic heterocycles. The van der Waals surface area contributed by atoms with Crippen molar-refractivity contribution in [1.29, 1.82) is 0 Å². The zero-order valence-electron chi connectivity index (χ0n) is 13.1. The number of carbonyl (C=O) groups excluding carboxylic acids is 2. The van der Waals surface area contributed by atoms with E-state index in [0.717, 1.165) is 0 Å². The fourth-order valence-corrected chi connectivity index (χ4v) is 2.49. The van der Waals surface area contributed by atoms with Crippen molar-refractivity contribution in [3.63, 3.8) is 0 Å². The maximum absolute atomic E-state index is 12.2. The van der Waals surface area contributed by atoms with E-state index in [4.69, 9.17) is 27.9 Å². The second kappa shape index (κ2) is 7.13. The van der Waals surface area contributed by atoms with Gasteiger partial charge in [0, 0.05) is 12.4 Å². The Morgan fingerprint density at radius 2 is 2.00 bits per heavy atom. The number of halogens is 2. The molecule has 0 aliphatic carbocycles. The zero-order valence-corrected chi connectivity index (χ0v) is 14.6. The van der Waals surface area contributed by atoms with Crippen LogP contribution in [-0.2, 0) is 9.53 Å². The third kappa shape index (κ3) is 3.75. The molecule has 0 aliphatic rings. The monoisotopic (exact) mass is 377 g/mol. The average Bonchev–Trinajstić information content (AvgIpc) is 3.03. The maximum Gasteiger partial charge on any atom is 0.359 e. The quantitative estimate of drug-likeness (QED) is 0.701. The molecule has 1 atom stereocenters. The van der Waals surface area contributed by atoms with E-state index < -0.39 is 18.0 Å². The Bertz CT molecular complexity index is 922. The molecule has 0 radical (unpaired) electrons. The Balaban J connectivity index is 1.68. The minimum atomic E-state index is -1.03. The molecule has 1 N–H and O–H groups in total. The van der Waals surface area contributed by atoms with Crippen molar-refractivity contribution in [2.45, 2.75) is 13.0 Å². The lowest BCUT2D eigenvalue weighted by Gasteiger charge is -2.13. The van der Waals surface area contributed by atoms with Crippen LogP contribution in [0.4, 0.5) is 5.69 Å². The molecule has 25 heavy (non-hydrogen) atoms. The average molecular weight is 378 g/mol. The highest BCUT2D eigenvalue weighted by Crippen LogP contribution is 2.29. The Hall–Kier alpha value is -2.57. The predicted octanol–water partition coefficient (Wildman–Crippen LogP) is 3.83. The molecule has 6 nitrogen and oxygen atoms in total. The zero-order chi connectivity index (χ0) is 18.0. The lowest BCUT2D eigenvalue weighted by atomic mass is 10.3. The molecule has 0 bridgehead atoms. The molecule has 0 saturated heterocycles. The number of imidazole rings is 1. The fourth-order valence-electron chi connectivity index (χ4n) is 2.14. The van der Waals surface area contributed by atoms with E-state index in [9.17, 15) is 9.59 Å². The topological polar surface area (TPSA) is 72.7 Å². The highest BCUT2D eigenvalue weighted by Gasteiger charge is 2.21. The number of fused-ring (bicyclic) bond motifs is 1. The van der Waals surface area contributed by atoms with E-state index in [0.29, 0.717) is 16.4 Å². The van der Waals surface area contributed by atoms with Crippen molar-refractivity contribution >= 4 is 46.4 Å². The summed E-state index contributed by atoms with van der Waals surface area (Å²) in [6.07, 6.45) is 2.26. The van der Waals surface area contributed by atoms with E-state index in [1.807, 2.05) is 12.1 Å². The van der Waals surface area contributed by atoms with Gasteiger partial charge in [0.25, 0.3) is 5.91 Å². The summed E-state index contributed by atoms with van der Waals surface area (Å²) in [6.45, 7) is 1.46. The van der Waals surface area contributed by atoms with Gasteiger partial charge in [0.15, 0.2) is 11.8 Å². The molecule has 3 aromatic rings. The molecule has 1 amide bonds. The number of aromatic nitrogens is 2. The smallest absolute Gasteiger partial charge is 0.359 e. The third-order valence-corrected chi connectivity index (χ3v) is 4.25. The first-order valence-electron chi connectivity index (χ1n) is 7.35. The summed E-state index contributed by atoms with van der Waals surface area (Å²) >= 11 is 11.9. The summed E-state index contributed by atoms with van der Waals surface area (Å²) in [7, 11) is 0. The highest BCUT2D eigenvalue weighted by atomic mass is 35.5. The van der Waals surface area contributed by atoms with Crippen LogP contribution in [0.3, 0.4) is 0 Å². The Morgan fingerprint density at radius 1 is 1.20 bits per heavy atom. The van der Waals surface area contributed by atoms with Gasteiger partial charge in [0.1, 0.15) is 5.65 Å². The number of rotatable bonds is 4. The normalized spacial score (nSPS) is 12.0. The summed E-state index contributed by atoms with van der Waals surface area (Å²) in [5.74, 6) is -1.22. The van der Waals surface area contributed by atoms with Crippen molar-refractivity contribution in [3.05, 3.63) is 64.5 Å². The first kappa shape index (κ1) is 17.3. The SMILES string of the molecule is C[C@@H](OC(=O)c1cn2ccccc2n1)C(=O)Nc1cccc(Cl)c1Cl. The van der Waals surface area contributed by atoms with Crippen LogP contribution in [0.15, 0.2) is 48.8 Å². The van der Waals surface area contributed by atoms with Gasteiger partial charge in [0.2, 0.25) is 0 Å². The van der Waals surface area contributed by atoms with Crippen LogP contribution in [0.5, 0.6) is 0 Å². The first-order valence-corrected chi connectivity index (χ1v) is 8.11. The Labute approximate surface area is 153 Å². The van der Waals surface area contributed by atoms with Gasteiger partial charge in [-0.2, -0.15) is 0 Å². The molecular weight excluding hydrogens is 365 g/mol. The van der Waals surface area contributed by atoms with Crippen molar-refractivity contribution in [1.82, 2.24) is 9.38 Å². The molecule has 0 fully saturated rings. The molecule has 3 rings (SSSR count). The minimum absolute atomic E-state index is 0.117. The van der Waals surface area contributed by atoms with Crippen LogP contribution in [0, 0.1) is 0 Å². The minimum Gasteiger partial charge on any atom is -0.448 e. The lowest BCUT2D eigenvalue weighted by molar-refractivity contribution is -0.123. The molecule has 128 valence electrons. The first-order chi connectivity index (χ1) is 12.0. The molecular formula is C17H13Cl2N3O3. The molecule has 0 aliphatic heterocycles. The second-order valence-electron chi connectivity index (χ2n) is 5.23. The summed E-state index contributed by atoms with van der Waals surface area (Å²) in [5.41, 5.74) is 1.07. The van der Waals surface area contributed by atoms with E-state index >= 15 is 0 Å². The molecule has 0 saturated carbocycles. The molecule has 8 heteroatoms. The second-order valence-corrected chi connectivity index (χ2v) is 6.02. The van der Waals surface area contributed by atoms with E-state index in [1.54, 1.807) is 34.9 Å². The van der Waals surface area contributed by atoms with Gasteiger partial charge in [-0.3, -0.25) is 4.79 Å². The van der Waals surface area contributed by atoms with E-state index in [1.165, 1.54) is 13.1 Å². The fraction of sp³-hybridized carbons (Fsp3) is 0.118. The maximum atomic E-state index is 12.2. The molecule has 0 unspecified atom stereocenters. The number of ether oxygens (including phenoxy) is 1. The van der Waals surface area contributed by atoms with Gasteiger partial charge < -0.3 is 14.5 Å². The lowest BCUT2D eigenvalue weighted by Crippen LogP contribution is -2.30. The summed E-state index contributed by atoms with van der Waals surface area (Å²) in [4.78, 5) is 28.5. The van der Waals surface area contributed by atoms with Gasteiger partial charge in [-0.1, -0.05) is 35.3 Å². The van der Waals surface area contributed by atoms with E-state index in [-0.39, 0.29) is 10.7 Å². The number of anilines is 1. The highest BCUT2D eigenvalue weighted by molar-refractivity contribution is 6.44. The van der Waals surface area contributed by atoms with Crippen LogP contribution < -0.4 is 5.32 Å². The third-order valence-electron chi connectivity index (χ3n) is 3.44. The van der Waals surface area contributed by atoms with Crippen LogP contribution in [-0.4, -0.2) is 27.4 Å². The molecule has 2 heterocycles. The number of amides is 1. The van der Waals surface area contributed by atoms with Crippen LogP contribution >= 0.6 is 23.2 Å². The molecule has 1 aromatic carbocycles. The van der Waals surface area contributed by atoms with Crippen molar-refractivity contribution in [2.24, 2.45) is 0 Å². The summed E-state index contributed by atoms with van der Waals surface area (Å²) < 4.78 is 6.85. The Morgan fingerprint density at radius 3 is 2.76 bits per heavy atom. The van der Waals surface area contributed by atoms with Crippen molar-refractivity contribution < 1.29 is 14.3 Å². The number of hydrogen-bond acceptors (Lipinski definition) is 4.